The second kappa shape index (κ2) is 6.26. The largest absolute Gasteiger partial charge is 0.396 e. The SMILES string of the molecule is CCC(CSC)NC(=O)N1C[C@@H]2CCC[C@]2(C(F)(F)F)C1. The summed E-state index contributed by atoms with van der Waals surface area (Å²) in [5.74, 6) is 0.355. The van der Waals surface area contributed by atoms with Gasteiger partial charge in [0.2, 0.25) is 0 Å². The van der Waals surface area contributed by atoms with Crippen LogP contribution in [0.25, 0.3) is 0 Å². The van der Waals surface area contributed by atoms with Crippen LogP contribution in [0.2, 0.25) is 0 Å². The van der Waals surface area contributed by atoms with Crippen molar-refractivity contribution in [1.29, 1.82) is 0 Å². The molecular formula is C14H23F3N2OS. The van der Waals surface area contributed by atoms with Crippen LogP contribution in [-0.2, 0) is 0 Å². The first-order chi connectivity index (χ1) is 9.84. The molecule has 1 unspecified atom stereocenters. The lowest BCUT2D eigenvalue weighted by Gasteiger charge is -2.31. The zero-order chi connectivity index (χ0) is 15.7. The number of nitrogens with one attached hydrogen (secondary N) is 1. The average molecular weight is 324 g/mol. The summed E-state index contributed by atoms with van der Waals surface area (Å²) in [7, 11) is 0. The highest BCUT2D eigenvalue weighted by Gasteiger charge is 2.65. The number of thioether (sulfide) groups is 1. The lowest BCUT2D eigenvalue weighted by Crippen LogP contribution is -2.47. The third-order valence-corrected chi connectivity index (χ3v) is 5.65. The fraction of sp³-hybridized carbons (Fsp3) is 0.929. The van der Waals surface area contributed by atoms with Crippen molar-refractivity contribution in [2.24, 2.45) is 11.3 Å². The fourth-order valence-electron chi connectivity index (χ4n) is 3.64. The molecule has 2 rings (SSSR count). The van der Waals surface area contributed by atoms with Crippen LogP contribution >= 0.6 is 11.8 Å². The van der Waals surface area contributed by atoms with Gasteiger partial charge in [-0.15, -0.1) is 0 Å². The Morgan fingerprint density at radius 2 is 2.24 bits per heavy atom. The molecule has 0 aromatic rings. The summed E-state index contributed by atoms with van der Waals surface area (Å²) in [6, 6.07) is -0.316. The third kappa shape index (κ3) is 3.12. The molecule has 1 saturated heterocycles. The van der Waals surface area contributed by atoms with Crippen molar-refractivity contribution in [2.45, 2.75) is 44.8 Å². The number of carbonyl (C=O) groups is 1. The lowest BCUT2D eigenvalue weighted by atomic mass is 9.80. The molecule has 122 valence electrons. The van der Waals surface area contributed by atoms with Crippen molar-refractivity contribution < 1.29 is 18.0 Å². The second-order valence-electron chi connectivity index (χ2n) is 6.13. The summed E-state index contributed by atoms with van der Waals surface area (Å²) >= 11 is 1.63. The molecule has 21 heavy (non-hydrogen) atoms. The van der Waals surface area contributed by atoms with Crippen molar-refractivity contribution in [1.82, 2.24) is 10.2 Å². The van der Waals surface area contributed by atoms with Crippen LogP contribution in [0.3, 0.4) is 0 Å². The maximum Gasteiger partial charge on any atom is 0.396 e. The van der Waals surface area contributed by atoms with Gasteiger partial charge in [0, 0.05) is 24.9 Å². The summed E-state index contributed by atoms with van der Waals surface area (Å²) in [5.41, 5.74) is -1.66. The molecule has 0 aromatic carbocycles. The molecule has 0 spiro atoms. The molecule has 1 aliphatic carbocycles. The van der Waals surface area contributed by atoms with E-state index in [-0.39, 0.29) is 31.6 Å². The number of hydrogen-bond donors (Lipinski definition) is 1. The highest BCUT2D eigenvalue weighted by atomic mass is 32.2. The van der Waals surface area contributed by atoms with E-state index in [0.29, 0.717) is 12.8 Å². The highest BCUT2D eigenvalue weighted by molar-refractivity contribution is 7.98. The van der Waals surface area contributed by atoms with Gasteiger partial charge in [0.15, 0.2) is 0 Å². The summed E-state index contributed by atoms with van der Waals surface area (Å²) in [4.78, 5) is 13.6. The van der Waals surface area contributed by atoms with E-state index in [9.17, 15) is 18.0 Å². The number of rotatable bonds is 4. The van der Waals surface area contributed by atoms with E-state index >= 15 is 0 Å². The Bertz CT molecular complexity index is 391. The first-order valence-corrected chi connectivity index (χ1v) is 8.84. The Morgan fingerprint density at radius 3 is 2.76 bits per heavy atom. The van der Waals surface area contributed by atoms with E-state index in [1.165, 1.54) is 4.90 Å². The Morgan fingerprint density at radius 1 is 1.52 bits per heavy atom. The van der Waals surface area contributed by atoms with Crippen LogP contribution in [0.4, 0.5) is 18.0 Å². The molecule has 3 nitrogen and oxygen atoms in total. The Labute approximate surface area is 128 Å². The van der Waals surface area contributed by atoms with Gasteiger partial charge in [0.1, 0.15) is 0 Å². The van der Waals surface area contributed by atoms with Crippen LogP contribution in [-0.4, -0.2) is 48.2 Å². The number of hydrogen-bond acceptors (Lipinski definition) is 2. The standard InChI is InChI=1S/C14H23F3N2OS/c1-3-11(8-21-2)18-12(20)19-7-10-5-4-6-13(10,9-19)14(15,16)17/h10-11H,3-9H2,1-2H3,(H,18,20)/t10-,11?,13-/m0/s1. The first-order valence-electron chi connectivity index (χ1n) is 7.45. The van der Waals surface area contributed by atoms with Gasteiger partial charge in [-0.3, -0.25) is 0 Å². The number of fused-ring (bicyclic) bond motifs is 1. The summed E-state index contributed by atoms with van der Waals surface area (Å²) in [6.07, 6.45) is -0.128. The highest BCUT2D eigenvalue weighted by Crippen LogP contribution is 2.57. The van der Waals surface area contributed by atoms with E-state index in [4.69, 9.17) is 0 Å². The molecule has 7 heteroatoms. The maximum atomic E-state index is 13.4. The van der Waals surface area contributed by atoms with Crippen molar-refractivity contribution in [3.05, 3.63) is 0 Å². The molecule has 0 bridgehead atoms. The topological polar surface area (TPSA) is 32.3 Å². The number of amides is 2. The molecule has 1 N–H and O–H groups in total. The first kappa shape index (κ1) is 16.8. The van der Waals surface area contributed by atoms with Crippen molar-refractivity contribution in [3.63, 3.8) is 0 Å². The van der Waals surface area contributed by atoms with Gasteiger partial charge in [-0.05, 0) is 31.4 Å². The van der Waals surface area contributed by atoms with Gasteiger partial charge in [-0.1, -0.05) is 13.3 Å². The minimum absolute atomic E-state index is 0.0229. The molecule has 1 heterocycles. The molecule has 2 aliphatic rings. The van der Waals surface area contributed by atoms with Crippen LogP contribution in [0, 0.1) is 11.3 Å². The molecule has 0 aromatic heterocycles. The van der Waals surface area contributed by atoms with Crippen molar-refractivity contribution >= 4 is 17.8 Å². The number of likely N-dealkylation sites (tertiary alicyclic amines) is 1. The summed E-state index contributed by atoms with van der Waals surface area (Å²) in [6.45, 7) is 2.03. The van der Waals surface area contributed by atoms with Crippen LogP contribution in [0.1, 0.15) is 32.6 Å². The normalized spacial score (nSPS) is 30.3. The minimum atomic E-state index is -4.22. The van der Waals surface area contributed by atoms with Gasteiger partial charge < -0.3 is 10.2 Å². The number of carbonyl (C=O) groups excluding carboxylic acids is 1. The zero-order valence-corrected chi connectivity index (χ0v) is 13.3. The van der Waals surface area contributed by atoms with Gasteiger partial charge in [-0.2, -0.15) is 24.9 Å². The summed E-state index contributed by atoms with van der Waals surface area (Å²) in [5, 5.41) is 2.87. The predicted molar refractivity (Wildman–Crippen MR) is 78.4 cm³/mol. The fourth-order valence-corrected chi connectivity index (χ4v) is 4.36. The number of alkyl halides is 3. The van der Waals surface area contributed by atoms with E-state index in [0.717, 1.165) is 12.2 Å². The molecule has 1 aliphatic heterocycles. The van der Waals surface area contributed by atoms with Gasteiger partial charge in [-0.25, -0.2) is 4.79 Å². The monoisotopic (exact) mass is 324 g/mol. The Kier molecular flexibility index (Phi) is 5.00. The Balaban J connectivity index is 2.02. The van der Waals surface area contributed by atoms with Gasteiger partial charge >= 0.3 is 12.2 Å². The van der Waals surface area contributed by atoms with E-state index < -0.39 is 17.5 Å². The van der Waals surface area contributed by atoms with Crippen LogP contribution in [0.5, 0.6) is 0 Å². The summed E-state index contributed by atoms with van der Waals surface area (Å²) < 4.78 is 40.3. The second-order valence-corrected chi connectivity index (χ2v) is 7.04. The molecule has 2 amide bonds. The smallest absolute Gasteiger partial charge is 0.334 e. The molecule has 3 atom stereocenters. The van der Waals surface area contributed by atoms with E-state index in [1.54, 1.807) is 11.8 Å². The van der Waals surface area contributed by atoms with E-state index in [2.05, 4.69) is 5.32 Å². The molecule has 0 radical (unpaired) electrons. The number of urea groups is 1. The maximum absolute atomic E-state index is 13.4. The quantitative estimate of drug-likeness (QED) is 0.858. The lowest BCUT2D eigenvalue weighted by molar-refractivity contribution is -0.226. The van der Waals surface area contributed by atoms with Gasteiger partial charge in [0.05, 0.1) is 5.41 Å². The van der Waals surface area contributed by atoms with Gasteiger partial charge in [0.25, 0.3) is 0 Å². The van der Waals surface area contributed by atoms with Crippen LogP contribution < -0.4 is 5.32 Å². The number of halogens is 3. The zero-order valence-electron chi connectivity index (χ0n) is 12.5. The third-order valence-electron chi connectivity index (χ3n) is 4.91. The van der Waals surface area contributed by atoms with Crippen LogP contribution in [0.15, 0.2) is 0 Å². The molecular weight excluding hydrogens is 301 g/mol. The number of nitrogens with zero attached hydrogens (tertiary/aromatic N) is 1. The Hall–Kier alpha value is -0.590. The van der Waals surface area contributed by atoms with E-state index in [1.807, 2.05) is 13.2 Å². The molecule has 2 fully saturated rings. The minimum Gasteiger partial charge on any atom is -0.334 e. The molecule has 1 saturated carbocycles. The van der Waals surface area contributed by atoms with Crippen molar-refractivity contribution in [2.75, 3.05) is 25.1 Å². The predicted octanol–water partition coefficient (Wildman–Crippen LogP) is 3.50. The average Bonchev–Trinajstić information content (AvgIpc) is 2.94. The van der Waals surface area contributed by atoms with Crippen molar-refractivity contribution in [3.8, 4) is 0 Å².